The monoisotopic (exact) mass is 338 g/mol. The van der Waals surface area contributed by atoms with Crippen molar-refractivity contribution >= 4 is 23.3 Å². The molecule has 1 N–H and O–H groups in total. The van der Waals surface area contributed by atoms with Crippen LogP contribution in [0.4, 0.5) is 0 Å². The molecule has 0 amide bonds. The molecule has 1 aromatic heterocycles. The van der Waals surface area contributed by atoms with Gasteiger partial charge in [0.2, 0.25) is 0 Å². The van der Waals surface area contributed by atoms with Gasteiger partial charge in [-0.25, -0.2) is 4.98 Å². The number of hydrogen-bond donors (Lipinski definition) is 1. The summed E-state index contributed by atoms with van der Waals surface area (Å²) >= 11 is 1.71. The summed E-state index contributed by atoms with van der Waals surface area (Å²) in [5, 5.41) is 4.44. The molecule has 0 radical (unpaired) electrons. The van der Waals surface area contributed by atoms with Gasteiger partial charge in [0.25, 0.3) is 0 Å². The average Bonchev–Trinajstić information content (AvgIpc) is 2.87. The Bertz CT molecular complexity index is 543. The minimum absolute atomic E-state index is 0.0218. The Labute approximate surface area is 142 Å². The van der Waals surface area contributed by atoms with E-state index in [1.807, 2.05) is 13.8 Å². The number of carbonyl (C=O) groups excluding carboxylic acids is 1. The van der Waals surface area contributed by atoms with Crippen LogP contribution < -0.4 is 5.32 Å². The normalized spacial score (nSPS) is 16.5. The molecule has 2 heterocycles. The van der Waals surface area contributed by atoms with E-state index in [9.17, 15) is 4.79 Å². The van der Waals surface area contributed by atoms with Crippen molar-refractivity contribution < 1.29 is 9.53 Å². The zero-order valence-electron chi connectivity index (χ0n) is 14.4. The molecule has 2 rings (SSSR count). The number of esters is 1. The average molecular weight is 338 g/mol. The summed E-state index contributed by atoms with van der Waals surface area (Å²) in [6.07, 6.45) is 1.63. The molecule has 0 atom stereocenters. The number of nitrogens with zero attached hydrogens (tertiary/aromatic N) is 3. The Balaban J connectivity index is 1.84. The van der Waals surface area contributed by atoms with Crippen molar-refractivity contribution in [2.45, 2.75) is 40.2 Å². The number of aryl methyl sites for hydroxylation is 2. The van der Waals surface area contributed by atoms with Crippen LogP contribution in [0.3, 0.4) is 0 Å². The van der Waals surface area contributed by atoms with E-state index in [0.717, 1.165) is 42.6 Å². The van der Waals surface area contributed by atoms with Crippen LogP contribution in [0.5, 0.6) is 0 Å². The zero-order valence-corrected chi connectivity index (χ0v) is 15.2. The lowest BCUT2D eigenvalue weighted by Crippen LogP contribution is -2.46. The molecule has 23 heavy (non-hydrogen) atoms. The van der Waals surface area contributed by atoms with Gasteiger partial charge in [-0.1, -0.05) is 0 Å². The number of guanidine groups is 1. The van der Waals surface area contributed by atoms with E-state index in [-0.39, 0.29) is 11.9 Å². The van der Waals surface area contributed by atoms with E-state index in [4.69, 9.17) is 4.74 Å². The van der Waals surface area contributed by atoms with Gasteiger partial charge in [-0.3, -0.25) is 9.79 Å². The van der Waals surface area contributed by atoms with Gasteiger partial charge in [-0.15, -0.1) is 11.3 Å². The standard InChI is InChI=1S/C16H26N4O2S/c1-5-22-15(21)13-6-8-20(9-7-13)16(17-4)18-10-14-19-11(2)12(3)23-14/h13H,5-10H2,1-4H3,(H,17,18). The van der Waals surface area contributed by atoms with E-state index in [1.54, 1.807) is 18.4 Å². The summed E-state index contributed by atoms with van der Waals surface area (Å²) < 4.78 is 5.11. The number of aromatic nitrogens is 1. The Hall–Kier alpha value is -1.63. The van der Waals surface area contributed by atoms with Gasteiger partial charge in [0.05, 0.1) is 24.8 Å². The summed E-state index contributed by atoms with van der Waals surface area (Å²) in [6.45, 7) is 8.74. The second kappa shape index (κ2) is 8.29. The number of rotatable bonds is 4. The van der Waals surface area contributed by atoms with Crippen LogP contribution in [0.15, 0.2) is 4.99 Å². The van der Waals surface area contributed by atoms with Gasteiger partial charge in [0.1, 0.15) is 5.01 Å². The molecular formula is C16H26N4O2S. The van der Waals surface area contributed by atoms with Crippen LogP contribution in [0.1, 0.15) is 35.3 Å². The fraction of sp³-hybridized carbons (Fsp3) is 0.688. The second-order valence-electron chi connectivity index (χ2n) is 5.66. The summed E-state index contributed by atoms with van der Waals surface area (Å²) in [6, 6.07) is 0. The summed E-state index contributed by atoms with van der Waals surface area (Å²) in [5.41, 5.74) is 1.09. The second-order valence-corrected chi connectivity index (χ2v) is 6.95. The third kappa shape index (κ3) is 4.67. The molecule has 1 aliphatic heterocycles. The quantitative estimate of drug-likeness (QED) is 0.517. The van der Waals surface area contributed by atoms with Crippen molar-refractivity contribution in [3.05, 3.63) is 15.6 Å². The first-order chi connectivity index (χ1) is 11.0. The van der Waals surface area contributed by atoms with Crippen molar-refractivity contribution in [2.24, 2.45) is 10.9 Å². The van der Waals surface area contributed by atoms with Crippen molar-refractivity contribution in [3.63, 3.8) is 0 Å². The van der Waals surface area contributed by atoms with Gasteiger partial charge in [-0.05, 0) is 33.6 Å². The summed E-state index contributed by atoms with van der Waals surface area (Å²) in [5.74, 6) is 0.829. The highest BCUT2D eigenvalue weighted by molar-refractivity contribution is 7.11. The molecule has 1 aromatic rings. The van der Waals surface area contributed by atoms with E-state index in [2.05, 4.69) is 27.1 Å². The molecule has 1 aliphatic rings. The van der Waals surface area contributed by atoms with Crippen LogP contribution in [-0.4, -0.2) is 48.6 Å². The number of carbonyl (C=O) groups is 1. The largest absolute Gasteiger partial charge is 0.466 e. The lowest BCUT2D eigenvalue weighted by atomic mass is 9.97. The molecule has 1 saturated heterocycles. The molecule has 7 heteroatoms. The Kier molecular flexibility index (Phi) is 6.38. The minimum Gasteiger partial charge on any atom is -0.466 e. The molecule has 0 unspecified atom stereocenters. The first-order valence-electron chi connectivity index (χ1n) is 8.10. The number of likely N-dealkylation sites (tertiary alicyclic amines) is 1. The van der Waals surface area contributed by atoms with Gasteiger partial charge in [-0.2, -0.15) is 0 Å². The molecular weight excluding hydrogens is 312 g/mol. The Morgan fingerprint density at radius 1 is 1.43 bits per heavy atom. The maximum absolute atomic E-state index is 11.8. The predicted molar refractivity (Wildman–Crippen MR) is 92.7 cm³/mol. The Morgan fingerprint density at radius 2 is 2.13 bits per heavy atom. The number of nitrogens with one attached hydrogen (secondary N) is 1. The number of thiazole rings is 1. The summed E-state index contributed by atoms with van der Waals surface area (Å²) in [4.78, 5) is 24.1. The predicted octanol–water partition coefficient (Wildman–Crippen LogP) is 2.11. The van der Waals surface area contributed by atoms with Gasteiger partial charge < -0.3 is 15.0 Å². The number of piperidine rings is 1. The number of aliphatic imine (C=N–C) groups is 1. The lowest BCUT2D eigenvalue weighted by molar-refractivity contribution is -0.149. The molecule has 0 aliphatic carbocycles. The maximum atomic E-state index is 11.8. The third-order valence-corrected chi connectivity index (χ3v) is 5.17. The fourth-order valence-corrected chi connectivity index (χ4v) is 3.56. The SMILES string of the molecule is CCOC(=O)C1CCN(C(=NC)NCc2nc(C)c(C)s2)CC1. The first kappa shape index (κ1) is 17.7. The molecule has 1 fully saturated rings. The van der Waals surface area contributed by atoms with Gasteiger partial charge in [0.15, 0.2) is 5.96 Å². The van der Waals surface area contributed by atoms with Crippen LogP contribution in [0.2, 0.25) is 0 Å². The first-order valence-corrected chi connectivity index (χ1v) is 8.92. The van der Waals surface area contributed by atoms with Crippen molar-refractivity contribution in [3.8, 4) is 0 Å². The smallest absolute Gasteiger partial charge is 0.309 e. The van der Waals surface area contributed by atoms with Crippen molar-refractivity contribution in [1.29, 1.82) is 0 Å². The van der Waals surface area contributed by atoms with E-state index in [0.29, 0.717) is 13.2 Å². The zero-order chi connectivity index (χ0) is 16.8. The van der Waals surface area contributed by atoms with Crippen molar-refractivity contribution in [2.75, 3.05) is 26.7 Å². The van der Waals surface area contributed by atoms with Crippen molar-refractivity contribution in [1.82, 2.24) is 15.2 Å². The van der Waals surface area contributed by atoms with Crippen LogP contribution in [-0.2, 0) is 16.1 Å². The Morgan fingerprint density at radius 3 is 2.65 bits per heavy atom. The molecule has 0 aromatic carbocycles. The topological polar surface area (TPSA) is 66.8 Å². The van der Waals surface area contributed by atoms with Gasteiger partial charge in [0, 0.05) is 25.0 Å². The molecule has 128 valence electrons. The highest BCUT2D eigenvalue weighted by atomic mass is 32.1. The molecule has 6 nitrogen and oxygen atoms in total. The molecule has 0 spiro atoms. The van der Waals surface area contributed by atoms with Crippen LogP contribution in [0.25, 0.3) is 0 Å². The number of ether oxygens (including phenoxy) is 1. The lowest BCUT2D eigenvalue weighted by Gasteiger charge is -2.33. The van der Waals surface area contributed by atoms with E-state index in [1.165, 1.54) is 4.88 Å². The highest BCUT2D eigenvalue weighted by Crippen LogP contribution is 2.19. The third-order valence-electron chi connectivity index (χ3n) is 4.10. The van der Waals surface area contributed by atoms with Crippen LogP contribution >= 0.6 is 11.3 Å². The maximum Gasteiger partial charge on any atom is 0.309 e. The van der Waals surface area contributed by atoms with E-state index < -0.39 is 0 Å². The van der Waals surface area contributed by atoms with Crippen LogP contribution in [0, 0.1) is 19.8 Å². The highest BCUT2D eigenvalue weighted by Gasteiger charge is 2.27. The fourth-order valence-electron chi connectivity index (χ4n) is 2.69. The minimum atomic E-state index is -0.0659. The van der Waals surface area contributed by atoms with E-state index >= 15 is 0 Å². The van der Waals surface area contributed by atoms with Gasteiger partial charge >= 0.3 is 5.97 Å². The number of hydrogen-bond acceptors (Lipinski definition) is 5. The summed E-state index contributed by atoms with van der Waals surface area (Å²) in [7, 11) is 1.79. The molecule has 0 saturated carbocycles. The molecule has 0 bridgehead atoms.